The van der Waals surface area contributed by atoms with Crippen molar-refractivity contribution >= 4 is 5.91 Å². The van der Waals surface area contributed by atoms with Gasteiger partial charge in [-0.25, -0.2) is 0 Å². The number of ether oxygens (including phenoxy) is 1. The molecular weight excluding hydrogens is 392 g/mol. The Bertz CT molecular complexity index is 929. The van der Waals surface area contributed by atoms with Gasteiger partial charge in [0.1, 0.15) is 17.6 Å². The number of benzene rings is 2. The van der Waals surface area contributed by atoms with E-state index in [9.17, 15) is 15.0 Å². The SMILES string of the molecule is O=C(c1ccc(-c2cccc(OCC3CC3)c2)cc1)N1CCN(C(O)C2(O)CC2)CC1. The molecule has 3 fully saturated rings. The lowest BCUT2D eigenvalue weighted by molar-refractivity contribution is -0.108. The standard InChI is InChI=1S/C25H30N2O4/c28-23(26-12-14-27(15-13-26)24(29)25(30)10-11-25)20-8-6-19(7-9-20)21-2-1-3-22(16-21)31-17-18-4-5-18/h1-3,6-9,16,18,24,29-30H,4-5,10-15,17H2. The second-order valence-electron chi connectivity index (χ2n) is 9.16. The van der Waals surface area contributed by atoms with E-state index in [4.69, 9.17) is 4.74 Å². The van der Waals surface area contributed by atoms with Gasteiger partial charge in [0, 0.05) is 31.7 Å². The van der Waals surface area contributed by atoms with Gasteiger partial charge in [0.05, 0.1) is 6.61 Å². The molecule has 2 N–H and O–H groups in total. The second kappa shape index (κ2) is 8.26. The maximum absolute atomic E-state index is 12.9. The number of aliphatic hydroxyl groups is 2. The van der Waals surface area contributed by atoms with Crippen LogP contribution in [0.5, 0.6) is 5.75 Å². The predicted octanol–water partition coefficient (Wildman–Crippen LogP) is 2.74. The van der Waals surface area contributed by atoms with Crippen LogP contribution in [0.3, 0.4) is 0 Å². The number of nitrogens with zero attached hydrogens (tertiary/aromatic N) is 2. The summed E-state index contributed by atoms with van der Waals surface area (Å²) in [5.74, 6) is 1.62. The largest absolute Gasteiger partial charge is 0.493 e. The highest BCUT2D eigenvalue weighted by atomic mass is 16.5. The Kier molecular flexibility index (Phi) is 5.46. The van der Waals surface area contributed by atoms with E-state index in [0.717, 1.165) is 29.4 Å². The first-order valence-electron chi connectivity index (χ1n) is 11.3. The van der Waals surface area contributed by atoms with Gasteiger partial charge in [-0.05, 0) is 67.0 Å². The van der Waals surface area contributed by atoms with Crippen molar-refractivity contribution in [2.24, 2.45) is 5.92 Å². The van der Waals surface area contributed by atoms with E-state index >= 15 is 0 Å². The molecule has 2 aromatic carbocycles. The van der Waals surface area contributed by atoms with Crippen LogP contribution in [0.15, 0.2) is 48.5 Å². The fourth-order valence-corrected chi connectivity index (χ4v) is 4.15. The van der Waals surface area contributed by atoms with Crippen LogP contribution in [0.1, 0.15) is 36.0 Å². The second-order valence-corrected chi connectivity index (χ2v) is 9.16. The molecule has 1 heterocycles. The molecule has 0 spiro atoms. The lowest BCUT2D eigenvalue weighted by atomic mass is 10.0. The summed E-state index contributed by atoms with van der Waals surface area (Å²) in [5.41, 5.74) is 1.86. The van der Waals surface area contributed by atoms with Gasteiger partial charge >= 0.3 is 0 Å². The third-order valence-corrected chi connectivity index (χ3v) is 6.67. The van der Waals surface area contributed by atoms with Crippen molar-refractivity contribution in [3.05, 3.63) is 54.1 Å². The molecule has 6 heteroatoms. The summed E-state index contributed by atoms with van der Waals surface area (Å²) in [7, 11) is 0. The van der Waals surface area contributed by atoms with Gasteiger partial charge in [0.25, 0.3) is 5.91 Å². The van der Waals surface area contributed by atoms with Crippen LogP contribution < -0.4 is 4.74 Å². The average Bonchev–Trinajstić information content (AvgIpc) is 3.75. The molecule has 0 bridgehead atoms. The topological polar surface area (TPSA) is 73.2 Å². The molecule has 31 heavy (non-hydrogen) atoms. The zero-order valence-corrected chi connectivity index (χ0v) is 17.7. The first-order chi connectivity index (χ1) is 15.0. The van der Waals surface area contributed by atoms with Gasteiger partial charge in [0.2, 0.25) is 0 Å². The monoisotopic (exact) mass is 422 g/mol. The Balaban J connectivity index is 1.19. The Morgan fingerprint density at radius 2 is 1.74 bits per heavy atom. The first-order valence-corrected chi connectivity index (χ1v) is 11.3. The molecule has 0 radical (unpaired) electrons. The van der Waals surface area contributed by atoms with Crippen molar-refractivity contribution in [2.45, 2.75) is 37.5 Å². The number of hydrogen-bond acceptors (Lipinski definition) is 5. The number of rotatable bonds is 7. The Morgan fingerprint density at radius 1 is 1.03 bits per heavy atom. The van der Waals surface area contributed by atoms with Crippen LogP contribution >= 0.6 is 0 Å². The molecule has 2 aromatic rings. The number of carbonyl (C=O) groups excluding carboxylic acids is 1. The molecule has 3 aliphatic rings. The zero-order valence-electron chi connectivity index (χ0n) is 17.7. The average molecular weight is 423 g/mol. The van der Waals surface area contributed by atoms with Gasteiger partial charge < -0.3 is 19.8 Å². The van der Waals surface area contributed by atoms with Crippen molar-refractivity contribution in [3.63, 3.8) is 0 Å². The minimum absolute atomic E-state index is 0.00680. The number of amides is 1. The number of piperazine rings is 1. The fraction of sp³-hybridized carbons (Fsp3) is 0.480. The van der Waals surface area contributed by atoms with Crippen LogP contribution in [-0.2, 0) is 0 Å². The van der Waals surface area contributed by atoms with E-state index in [0.29, 0.717) is 44.6 Å². The first kappa shape index (κ1) is 20.5. The van der Waals surface area contributed by atoms with E-state index in [1.165, 1.54) is 12.8 Å². The molecular formula is C25H30N2O4. The minimum Gasteiger partial charge on any atom is -0.493 e. The number of aliphatic hydroxyl groups excluding tert-OH is 1. The molecule has 2 saturated carbocycles. The number of hydrogen-bond donors (Lipinski definition) is 2. The van der Waals surface area contributed by atoms with Crippen LogP contribution in [0.25, 0.3) is 11.1 Å². The van der Waals surface area contributed by atoms with Crippen LogP contribution in [0.4, 0.5) is 0 Å². The van der Waals surface area contributed by atoms with Gasteiger partial charge in [-0.15, -0.1) is 0 Å². The summed E-state index contributed by atoms with van der Waals surface area (Å²) in [6.07, 6.45) is 3.01. The van der Waals surface area contributed by atoms with Crippen molar-refractivity contribution < 1.29 is 19.7 Å². The molecule has 1 saturated heterocycles. The Morgan fingerprint density at radius 3 is 2.39 bits per heavy atom. The molecule has 1 unspecified atom stereocenters. The van der Waals surface area contributed by atoms with Gasteiger partial charge in [-0.3, -0.25) is 9.69 Å². The molecule has 0 aromatic heterocycles. The molecule has 1 aliphatic heterocycles. The summed E-state index contributed by atoms with van der Waals surface area (Å²) in [6, 6.07) is 15.8. The molecule has 5 rings (SSSR count). The van der Waals surface area contributed by atoms with Crippen molar-refractivity contribution in [1.82, 2.24) is 9.80 Å². The maximum atomic E-state index is 12.9. The van der Waals surface area contributed by atoms with E-state index in [1.54, 1.807) is 0 Å². The molecule has 2 aliphatic carbocycles. The Hall–Kier alpha value is -2.41. The van der Waals surface area contributed by atoms with Gasteiger partial charge in [-0.2, -0.15) is 0 Å². The Labute approximate surface area is 183 Å². The maximum Gasteiger partial charge on any atom is 0.253 e. The lowest BCUT2D eigenvalue weighted by Gasteiger charge is -2.38. The van der Waals surface area contributed by atoms with Gasteiger partial charge in [-0.1, -0.05) is 24.3 Å². The smallest absolute Gasteiger partial charge is 0.253 e. The van der Waals surface area contributed by atoms with E-state index in [1.807, 2.05) is 46.2 Å². The third kappa shape index (κ3) is 4.61. The predicted molar refractivity (Wildman–Crippen MR) is 118 cm³/mol. The highest BCUT2D eigenvalue weighted by molar-refractivity contribution is 5.94. The fourth-order valence-electron chi connectivity index (χ4n) is 4.15. The lowest BCUT2D eigenvalue weighted by Crippen LogP contribution is -2.55. The van der Waals surface area contributed by atoms with Crippen LogP contribution in [-0.4, -0.2) is 70.5 Å². The molecule has 164 valence electrons. The minimum atomic E-state index is -0.942. The quantitative estimate of drug-likeness (QED) is 0.718. The van der Waals surface area contributed by atoms with Crippen molar-refractivity contribution in [1.29, 1.82) is 0 Å². The zero-order chi connectivity index (χ0) is 21.4. The van der Waals surface area contributed by atoms with Crippen molar-refractivity contribution in [3.8, 4) is 16.9 Å². The highest BCUT2D eigenvalue weighted by Gasteiger charge is 2.50. The summed E-state index contributed by atoms with van der Waals surface area (Å²) in [6.45, 7) is 3.03. The van der Waals surface area contributed by atoms with E-state index in [2.05, 4.69) is 12.1 Å². The number of carbonyl (C=O) groups is 1. The van der Waals surface area contributed by atoms with Crippen LogP contribution in [0.2, 0.25) is 0 Å². The normalized spacial score (nSPS) is 21.5. The molecule has 1 amide bonds. The van der Waals surface area contributed by atoms with E-state index < -0.39 is 11.8 Å². The third-order valence-electron chi connectivity index (χ3n) is 6.67. The van der Waals surface area contributed by atoms with Crippen molar-refractivity contribution in [2.75, 3.05) is 32.8 Å². The highest BCUT2D eigenvalue weighted by Crippen LogP contribution is 2.39. The summed E-state index contributed by atoms with van der Waals surface area (Å²) in [4.78, 5) is 16.6. The van der Waals surface area contributed by atoms with E-state index in [-0.39, 0.29) is 5.91 Å². The summed E-state index contributed by atoms with van der Waals surface area (Å²) >= 11 is 0. The van der Waals surface area contributed by atoms with Gasteiger partial charge in [0.15, 0.2) is 0 Å². The summed E-state index contributed by atoms with van der Waals surface area (Å²) in [5, 5.41) is 20.4. The van der Waals surface area contributed by atoms with Crippen LogP contribution in [0, 0.1) is 5.92 Å². The molecule has 1 atom stereocenters. The molecule has 6 nitrogen and oxygen atoms in total. The summed E-state index contributed by atoms with van der Waals surface area (Å²) < 4.78 is 5.89.